The van der Waals surface area contributed by atoms with Gasteiger partial charge in [0.25, 0.3) is 11.5 Å². The Bertz CT molecular complexity index is 953. The topological polar surface area (TPSA) is 121 Å². The maximum absolute atomic E-state index is 12.1. The number of anilines is 1. The van der Waals surface area contributed by atoms with Gasteiger partial charge in [-0.25, -0.2) is 5.10 Å². The third-order valence-corrected chi connectivity index (χ3v) is 4.06. The Morgan fingerprint density at radius 2 is 2.00 bits per heavy atom. The molecule has 10 nitrogen and oxygen atoms in total. The number of aromatic amines is 1. The number of H-pyrrole nitrogens is 1. The minimum absolute atomic E-state index is 0.124. The number of carbonyl (C=O) groups excluding carboxylic acids is 1. The molecule has 3 aromatic rings. The van der Waals surface area contributed by atoms with Gasteiger partial charge in [0.1, 0.15) is 11.5 Å². The molecule has 1 aliphatic heterocycles. The first-order valence-corrected chi connectivity index (χ1v) is 8.01. The Morgan fingerprint density at radius 3 is 2.76 bits per heavy atom. The zero-order chi connectivity index (χ0) is 17.2. The van der Waals surface area contributed by atoms with Gasteiger partial charge in [-0.05, 0) is 31.0 Å². The van der Waals surface area contributed by atoms with Gasteiger partial charge in [-0.3, -0.25) is 9.59 Å². The summed E-state index contributed by atoms with van der Waals surface area (Å²) in [6.45, 7) is 2.13. The summed E-state index contributed by atoms with van der Waals surface area (Å²) < 4.78 is 1.63. The van der Waals surface area contributed by atoms with E-state index >= 15 is 0 Å². The fourth-order valence-corrected chi connectivity index (χ4v) is 2.77. The standard InChI is InChI=1S/C15H16N8O2/c24-14-6-3-10(17-20-14)15(25)16-9-13-19-18-11-4-5-12(21-23(11)13)22-7-1-2-8-22/h3-6H,1-2,7-9H2,(H,16,25)(H,20,24). The molecule has 3 aromatic heterocycles. The Balaban J connectivity index is 1.52. The second kappa shape index (κ2) is 6.30. The van der Waals surface area contributed by atoms with Crippen molar-refractivity contribution >= 4 is 17.4 Å². The Hall–Kier alpha value is -3.30. The normalized spacial score (nSPS) is 14.2. The lowest BCUT2D eigenvalue weighted by molar-refractivity contribution is 0.0943. The number of amides is 1. The van der Waals surface area contributed by atoms with Gasteiger partial charge in [-0.15, -0.1) is 15.3 Å². The van der Waals surface area contributed by atoms with E-state index < -0.39 is 5.91 Å². The highest BCUT2D eigenvalue weighted by atomic mass is 16.2. The maximum atomic E-state index is 12.1. The van der Waals surface area contributed by atoms with Crippen LogP contribution >= 0.6 is 0 Å². The molecule has 1 aliphatic rings. The molecule has 10 heteroatoms. The Labute approximate surface area is 141 Å². The van der Waals surface area contributed by atoms with Crippen molar-refractivity contribution in [1.82, 2.24) is 35.3 Å². The highest BCUT2D eigenvalue weighted by Crippen LogP contribution is 2.17. The lowest BCUT2D eigenvalue weighted by Crippen LogP contribution is -2.26. The van der Waals surface area contributed by atoms with E-state index in [9.17, 15) is 9.59 Å². The molecular weight excluding hydrogens is 324 g/mol. The monoisotopic (exact) mass is 340 g/mol. The molecule has 4 rings (SSSR count). The van der Waals surface area contributed by atoms with Crippen LogP contribution in [0.1, 0.15) is 29.2 Å². The number of rotatable bonds is 4. The molecule has 0 aliphatic carbocycles. The molecule has 128 valence electrons. The van der Waals surface area contributed by atoms with E-state index in [-0.39, 0.29) is 17.8 Å². The van der Waals surface area contributed by atoms with Gasteiger partial charge >= 0.3 is 0 Å². The second-order valence-corrected chi connectivity index (χ2v) is 5.76. The summed E-state index contributed by atoms with van der Waals surface area (Å²) in [5.74, 6) is 0.984. The molecule has 0 spiro atoms. The molecule has 1 fully saturated rings. The number of hydrogen-bond donors (Lipinski definition) is 2. The highest BCUT2D eigenvalue weighted by molar-refractivity contribution is 5.91. The molecule has 1 saturated heterocycles. The van der Waals surface area contributed by atoms with Crippen molar-refractivity contribution in [2.24, 2.45) is 0 Å². The van der Waals surface area contributed by atoms with Crippen LogP contribution in [-0.2, 0) is 6.54 Å². The van der Waals surface area contributed by atoms with E-state index in [0.29, 0.717) is 11.5 Å². The van der Waals surface area contributed by atoms with Crippen molar-refractivity contribution in [3.63, 3.8) is 0 Å². The van der Waals surface area contributed by atoms with Crippen LogP contribution in [0.15, 0.2) is 29.1 Å². The first-order valence-electron chi connectivity index (χ1n) is 8.01. The summed E-state index contributed by atoms with van der Waals surface area (Å²) in [6, 6.07) is 6.41. The van der Waals surface area contributed by atoms with Crippen LogP contribution in [0.4, 0.5) is 5.82 Å². The molecule has 0 aromatic carbocycles. The largest absolute Gasteiger partial charge is 0.355 e. The van der Waals surface area contributed by atoms with Gasteiger partial charge in [0.2, 0.25) is 0 Å². The lowest BCUT2D eigenvalue weighted by atomic mass is 10.3. The van der Waals surface area contributed by atoms with Crippen LogP contribution < -0.4 is 15.8 Å². The van der Waals surface area contributed by atoms with Crippen LogP contribution in [0.25, 0.3) is 5.65 Å². The molecule has 4 heterocycles. The number of nitrogens with zero attached hydrogens (tertiary/aromatic N) is 6. The molecule has 0 atom stereocenters. The van der Waals surface area contributed by atoms with Crippen LogP contribution in [0.5, 0.6) is 0 Å². The first kappa shape index (κ1) is 15.2. The minimum Gasteiger partial charge on any atom is -0.355 e. The molecule has 0 unspecified atom stereocenters. The predicted octanol–water partition coefficient (Wildman–Crippen LogP) is -0.262. The minimum atomic E-state index is -0.413. The van der Waals surface area contributed by atoms with Crippen molar-refractivity contribution < 1.29 is 4.79 Å². The summed E-state index contributed by atoms with van der Waals surface area (Å²) in [7, 11) is 0. The van der Waals surface area contributed by atoms with E-state index in [2.05, 4.69) is 35.7 Å². The van der Waals surface area contributed by atoms with E-state index in [0.717, 1.165) is 31.7 Å². The number of carbonyl (C=O) groups is 1. The molecule has 1 amide bonds. The molecule has 2 N–H and O–H groups in total. The van der Waals surface area contributed by atoms with E-state index in [1.807, 2.05) is 12.1 Å². The quantitative estimate of drug-likeness (QED) is 0.671. The predicted molar refractivity (Wildman–Crippen MR) is 88.3 cm³/mol. The van der Waals surface area contributed by atoms with Crippen LogP contribution in [0, 0.1) is 0 Å². The van der Waals surface area contributed by atoms with Gasteiger partial charge in [-0.1, -0.05) is 0 Å². The van der Waals surface area contributed by atoms with Crippen molar-refractivity contribution in [2.75, 3.05) is 18.0 Å². The second-order valence-electron chi connectivity index (χ2n) is 5.76. The number of nitrogens with one attached hydrogen (secondary N) is 2. The summed E-state index contributed by atoms with van der Waals surface area (Å²) in [4.78, 5) is 25.3. The third kappa shape index (κ3) is 3.05. The lowest BCUT2D eigenvalue weighted by Gasteiger charge is -2.15. The Kier molecular flexibility index (Phi) is 3.84. The highest BCUT2D eigenvalue weighted by Gasteiger charge is 2.16. The van der Waals surface area contributed by atoms with E-state index in [1.54, 1.807) is 4.52 Å². The van der Waals surface area contributed by atoms with E-state index in [4.69, 9.17) is 0 Å². The maximum Gasteiger partial charge on any atom is 0.272 e. The summed E-state index contributed by atoms with van der Waals surface area (Å²) >= 11 is 0. The average Bonchev–Trinajstić information content (AvgIpc) is 3.30. The van der Waals surface area contributed by atoms with Crippen molar-refractivity contribution in [1.29, 1.82) is 0 Å². The molecule has 0 bridgehead atoms. The summed E-state index contributed by atoms with van der Waals surface area (Å²) in [6.07, 6.45) is 2.33. The molecular formula is C15H16N8O2. The fraction of sp³-hybridized carbons (Fsp3) is 0.333. The summed E-state index contributed by atoms with van der Waals surface area (Å²) in [5, 5.41) is 21.3. The molecule has 0 saturated carbocycles. The number of hydrogen-bond acceptors (Lipinski definition) is 7. The van der Waals surface area contributed by atoms with Crippen molar-refractivity contribution in [3.05, 3.63) is 46.1 Å². The first-order chi connectivity index (χ1) is 12.2. The average molecular weight is 340 g/mol. The van der Waals surface area contributed by atoms with Crippen LogP contribution in [0.3, 0.4) is 0 Å². The fourth-order valence-electron chi connectivity index (χ4n) is 2.77. The van der Waals surface area contributed by atoms with E-state index in [1.165, 1.54) is 12.1 Å². The van der Waals surface area contributed by atoms with Gasteiger partial charge in [0.15, 0.2) is 11.5 Å². The molecule has 25 heavy (non-hydrogen) atoms. The summed E-state index contributed by atoms with van der Waals surface area (Å²) in [5.41, 5.74) is 0.382. The zero-order valence-electron chi connectivity index (χ0n) is 13.3. The Morgan fingerprint density at radius 1 is 1.16 bits per heavy atom. The number of fused-ring (bicyclic) bond motifs is 1. The van der Waals surface area contributed by atoms with Gasteiger partial charge in [-0.2, -0.15) is 9.61 Å². The van der Waals surface area contributed by atoms with Crippen molar-refractivity contribution in [3.8, 4) is 0 Å². The van der Waals surface area contributed by atoms with Gasteiger partial charge in [0.05, 0.1) is 6.54 Å². The van der Waals surface area contributed by atoms with Crippen LogP contribution in [0.2, 0.25) is 0 Å². The smallest absolute Gasteiger partial charge is 0.272 e. The van der Waals surface area contributed by atoms with Crippen LogP contribution in [-0.4, -0.2) is 49.0 Å². The van der Waals surface area contributed by atoms with Gasteiger partial charge in [0, 0.05) is 19.2 Å². The zero-order valence-corrected chi connectivity index (χ0v) is 13.3. The van der Waals surface area contributed by atoms with Gasteiger partial charge < -0.3 is 10.2 Å². The van der Waals surface area contributed by atoms with Crippen molar-refractivity contribution in [2.45, 2.75) is 19.4 Å². The molecule has 0 radical (unpaired) electrons. The SMILES string of the molecule is O=C(NCc1nnc2ccc(N3CCCC3)nn12)c1ccc(=O)[nH]n1. The number of aromatic nitrogens is 6. The third-order valence-electron chi connectivity index (χ3n) is 4.06.